The number of carbonyl (C=O) groups is 1. The smallest absolute Gasteiger partial charge is 0.256 e. The largest absolute Gasteiger partial charge is 0.494 e. The predicted octanol–water partition coefficient (Wildman–Crippen LogP) is 6.68. The molecule has 2 heterocycles. The van der Waals surface area contributed by atoms with Crippen LogP contribution in [0, 0.1) is 11.3 Å². The van der Waals surface area contributed by atoms with Gasteiger partial charge in [0.1, 0.15) is 16.9 Å². The summed E-state index contributed by atoms with van der Waals surface area (Å²) in [7, 11) is 1.64. The minimum Gasteiger partial charge on any atom is -0.494 e. The van der Waals surface area contributed by atoms with Gasteiger partial charge in [-0.3, -0.25) is 4.79 Å². The Morgan fingerprint density at radius 1 is 1.24 bits per heavy atom. The molecule has 1 aromatic carbocycles. The second kappa shape index (κ2) is 7.89. The molecule has 1 aliphatic carbocycles. The fourth-order valence-electron chi connectivity index (χ4n) is 4.36. The molecule has 0 radical (unpaired) electrons. The minimum absolute atomic E-state index is 0.0255. The van der Waals surface area contributed by atoms with Crippen LogP contribution >= 0.6 is 43.2 Å². The van der Waals surface area contributed by atoms with Crippen LogP contribution in [-0.4, -0.2) is 13.0 Å². The molecule has 0 saturated carbocycles. The van der Waals surface area contributed by atoms with Crippen LogP contribution in [0.5, 0.6) is 5.75 Å². The molecular weight excluding hydrogens is 516 g/mol. The summed E-state index contributed by atoms with van der Waals surface area (Å²) in [5.41, 5.74) is 3.43. The lowest BCUT2D eigenvalue weighted by Crippen LogP contribution is -2.38. The van der Waals surface area contributed by atoms with Crippen LogP contribution < -0.4 is 15.4 Å². The van der Waals surface area contributed by atoms with Crippen molar-refractivity contribution in [3.8, 4) is 5.75 Å². The summed E-state index contributed by atoms with van der Waals surface area (Å²) in [6.07, 6.45) is 4.14. The number of benzene rings is 1. The predicted molar refractivity (Wildman–Crippen MR) is 126 cm³/mol. The molecule has 0 saturated heterocycles. The van der Waals surface area contributed by atoms with E-state index in [1.165, 1.54) is 16.9 Å². The van der Waals surface area contributed by atoms with Crippen LogP contribution in [0.15, 0.2) is 21.1 Å². The Hall–Kier alpha value is -1.05. The molecule has 156 valence electrons. The van der Waals surface area contributed by atoms with E-state index in [0.717, 1.165) is 50.1 Å². The van der Waals surface area contributed by atoms with E-state index in [0.29, 0.717) is 11.3 Å². The maximum absolute atomic E-state index is 13.0. The van der Waals surface area contributed by atoms with Crippen molar-refractivity contribution in [2.24, 2.45) is 11.3 Å². The average molecular weight is 542 g/mol. The van der Waals surface area contributed by atoms with Crippen LogP contribution in [0.25, 0.3) is 0 Å². The fraction of sp³-hybridized carbons (Fsp3) is 0.500. The number of anilines is 1. The van der Waals surface area contributed by atoms with Gasteiger partial charge in [0.15, 0.2) is 0 Å². The molecule has 4 rings (SSSR count). The molecule has 4 nitrogen and oxygen atoms in total. The van der Waals surface area contributed by atoms with E-state index in [2.05, 4.69) is 63.3 Å². The number of thiophene rings is 1. The lowest BCUT2D eigenvalue weighted by Gasteiger charge is -2.36. The van der Waals surface area contributed by atoms with Gasteiger partial charge < -0.3 is 15.4 Å². The van der Waals surface area contributed by atoms with Gasteiger partial charge in [0.05, 0.1) is 21.6 Å². The molecule has 0 spiro atoms. The summed E-state index contributed by atoms with van der Waals surface area (Å²) in [6.45, 7) is 7.02. The SMILES string of the molecule is CCC(C)(C)[C@@H]1CCc2c(sc3c2C(=O)N[C@H](c2cc(Br)c(OC)c(Br)c2)N3)C1. The van der Waals surface area contributed by atoms with Crippen molar-refractivity contribution < 1.29 is 9.53 Å². The van der Waals surface area contributed by atoms with Gasteiger partial charge in [0.25, 0.3) is 5.91 Å². The molecule has 0 bridgehead atoms. The van der Waals surface area contributed by atoms with Gasteiger partial charge in [-0.15, -0.1) is 11.3 Å². The summed E-state index contributed by atoms with van der Waals surface area (Å²) in [5, 5.41) is 7.71. The Morgan fingerprint density at radius 2 is 1.93 bits per heavy atom. The fourth-order valence-corrected chi connectivity index (χ4v) is 7.26. The number of methoxy groups -OCH3 is 1. The molecule has 1 aromatic heterocycles. The zero-order valence-electron chi connectivity index (χ0n) is 17.1. The second-order valence-electron chi connectivity index (χ2n) is 8.56. The van der Waals surface area contributed by atoms with Crippen molar-refractivity contribution in [3.05, 3.63) is 42.6 Å². The molecule has 0 fully saturated rings. The summed E-state index contributed by atoms with van der Waals surface area (Å²) in [4.78, 5) is 14.4. The number of ether oxygens (including phenoxy) is 1. The summed E-state index contributed by atoms with van der Waals surface area (Å²) >= 11 is 8.88. The Bertz CT molecular complexity index is 947. The zero-order chi connectivity index (χ0) is 20.9. The molecular formula is C22H26Br2N2O2S. The van der Waals surface area contributed by atoms with Gasteiger partial charge in [-0.05, 0) is 85.7 Å². The van der Waals surface area contributed by atoms with Crippen LogP contribution in [0.4, 0.5) is 5.00 Å². The lowest BCUT2D eigenvalue weighted by atomic mass is 9.69. The van der Waals surface area contributed by atoms with E-state index in [1.54, 1.807) is 18.4 Å². The molecule has 2 N–H and O–H groups in total. The van der Waals surface area contributed by atoms with Crippen molar-refractivity contribution in [3.63, 3.8) is 0 Å². The molecule has 2 aliphatic rings. The molecule has 7 heteroatoms. The van der Waals surface area contributed by atoms with Gasteiger partial charge in [-0.2, -0.15) is 0 Å². The molecule has 0 unspecified atom stereocenters. The highest BCUT2D eigenvalue weighted by molar-refractivity contribution is 9.11. The minimum atomic E-state index is -0.267. The zero-order valence-corrected chi connectivity index (χ0v) is 21.1. The first-order valence-electron chi connectivity index (χ1n) is 10.00. The number of rotatable bonds is 4. The van der Waals surface area contributed by atoms with Crippen molar-refractivity contribution in [1.29, 1.82) is 0 Å². The molecule has 2 atom stereocenters. The van der Waals surface area contributed by atoms with E-state index in [1.807, 2.05) is 12.1 Å². The molecule has 1 aliphatic heterocycles. The highest BCUT2D eigenvalue weighted by Gasteiger charge is 2.37. The topological polar surface area (TPSA) is 50.4 Å². The summed E-state index contributed by atoms with van der Waals surface area (Å²) in [5.74, 6) is 1.44. The summed E-state index contributed by atoms with van der Waals surface area (Å²) < 4.78 is 7.09. The maximum Gasteiger partial charge on any atom is 0.256 e. The van der Waals surface area contributed by atoms with Crippen LogP contribution in [0.1, 0.15) is 66.1 Å². The first-order chi connectivity index (χ1) is 13.7. The molecule has 1 amide bonds. The Kier molecular flexibility index (Phi) is 5.77. The first kappa shape index (κ1) is 21.2. The van der Waals surface area contributed by atoms with Crippen molar-refractivity contribution in [2.45, 2.75) is 52.6 Å². The van der Waals surface area contributed by atoms with E-state index >= 15 is 0 Å². The highest BCUT2D eigenvalue weighted by atomic mass is 79.9. The summed E-state index contributed by atoms with van der Waals surface area (Å²) in [6, 6.07) is 3.97. The highest BCUT2D eigenvalue weighted by Crippen LogP contribution is 2.47. The van der Waals surface area contributed by atoms with E-state index < -0.39 is 0 Å². The number of hydrogen-bond acceptors (Lipinski definition) is 4. The van der Waals surface area contributed by atoms with Crippen LogP contribution in [0.2, 0.25) is 0 Å². The van der Waals surface area contributed by atoms with Gasteiger partial charge in [-0.25, -0.2) is 0 Å². The van der Waals surface area contributed by atoms with Gasteiger partial charge in [-0.1, -0.05) is 27.2 Å². The van der Waals surface area contributed by atoms with Gasteiger partial charge >= 0.3 is 0 Å². The standard InChI is InChI=1S/C22H26Br2N2O2S/c1-5-22(2,3)12-6-7-13-16(10-12)29-21-17(13)20(27)25-19(26-21)11-8-14(23)18(28-4)15(24)9-11/h8-9,12,19,26H,5-7,10H2,1-4H3,(H,25,27)/t12-,19+/m1/s1. The number of fused-ring (bicyclic) bond motifs is 3. The van der Waals surface area contributed by atoms with Crippen LogP contribution in [-0.2, 0) is 12.8 Å². The average Bonchev–Trinajstić information content (AvgIpc) is 3.05. The Labute approximate surface area is 193 Å². The maximum atomic E-state index is 13.0. The number of hydrogen-bond donors (Lipinski definition) is 2. The monoisotopic (exact) mass is 540 g/mol. The third-order valence-corrected chi connectivity index (χ3v) is 8.98. The Balaban J connectivity index is 1.64. The first-order valence-corrected chi connectivity index (χ1v) is 12.4. The number of nitrogens with one attached hydrogen (secondary N) is 2. The van der Waals surface area contributed by atoms with E-state index in [4.69, 9.17) is 4.74 Å². The molecule has 29 heavy (non-hydrogen) atoms. The van der Waals surface area contributed by atoms with E-state index in [9.17, 15) is 4.79 Å². The van der Waals surface area contributed by atoms with Crippen molar-refractivity contribution in [1.82, 2.24) is 5.32 Å². The third kappa shape index (κ3) is 3.74. The van der Waals surface area contributed by atoms with Gasteiger partial charge in [0, 0.05) is 4.88 Å². The van der Waals surface area contributed by atoms with E-state index in [-0.39, 0.29) is 12.1 Å². The lowest BCUT2D eigenvalue weighted by molar-refractivity contribution is 0.0934. The van der Waals surface area contributed by atoms with Crippen molar-refractivity contribution in [2.75, 3.05) is 12.4 Å². The van der Waals surface area contributed by atoms with Crippen molar-refractivity contribution >= 4 is 54.1 Å². The molecule has 2 aromatic rings. The Morgan fingerprint density at radius 3 is 2.55 bits per heavy atom. The normalized spacial score (nSPS) is 21.1. The van der Waals surface area contributed by atoms with Crippen LogP contribution in [0.3, 0.4) is 0 Å². The van der Waals surface area contributed by atoms with Gasteiger partial charge in [0.2, 0.25) is 0 Å². The number of amides is 1. The quantitative estimate of drug-likeness (QED) is 0.454. The number of halogens is 2. The number of carbonyl (C=O) groups excluding carboxylic acids is 1. The second-order valence-corrected chi connectivity index (χ2v) is 11.4. The third-order valence-electron chi connectivity index (χ3n) is 6.62.